The predicted octanol–water partition coefficient (Wildman–Crippen LogP) is 2.88. The lowest BCUT2D eigenvalue weighted by Crippen LogP contribution is -2.28. The van der Waals surface area contributed by atoms with E-state index in [0.717, 1.165) is 19.3 Å². The first kappa shape index (κ1) is 10.5. The van der Waals surface area contributed by atoms with Gasteiger partial charge >= 0.3 is 0 Å². The lowest BCUT2D eigenvalue weighted by Gasteiger charge is -2.30. The maximum Gasteiger partial charge on any atom is 0.0709 e. The number of nitriles is 1. The molecule has 0 N–H and O–H groups in total. The van der Waals surface area contributed by atoms with Gasteiger partial charge < -0.3 is 4.74 Å². The summed E-state index contributed by atoms with van der Waals surface area (Å²) >= 11 is 0. The Kier molecular flexibility index (Phi) is 3.33. The van der Waals surface area contributed by atoms with Crippen molar-refractivity contribution in [1.82, 2.24) is 0 Å². The predicted molar refractivity (Wildman–Crippen MR) is 52.2 cm³/mol. The van der Waals surface area contributed by atoms with Gasteiger partial charge in [-0.05, 0) is 24.7 Å². The molecule has 2 heteroatoms. The molecule has 0 aliphatic carbocycles. The van der Waals surface area contributed by atoms with E-state index in [9.17, 15) is 0 Å². The van der Waals surface area contributed by atoms with Crippen LogP contribution in [-0.2, 0) is 4.74 Å². The van der Waals surface area contributed by atoms with Gasteiger partial charge in [0.15, 0.2) is 0 Å². The fourth-order valence-corrected chi connectivity index (χ4v) is 1.76. The van der Waals surface area contributed by atoms with Crippen molar-refractivity contribution in [2.24, 2.45) is 5.41 Å². The molecule has 0 aromatic heterocycles. The summed E-state index contributed by atoms with van der Waals surface area (Å²) in [5.74, 6) is 0. The summed E-state index contributed by atoms with van der Waals surface area (Å²) < 4.78 is 5.84. The van der Waals surface area contributed by atoms with E-state index in [2.05, 4.69) is 26.8 Å². The van der Waals surface area contributed by atoms with Gasteiger partial charge in [0.05, 0.1) is 24.7 Å². The summed E-state index contributed by atoms with van der Waals surface area (Å²) in [5.41, 5.74) is 0.268. The number of rotatable bonds is 3. The second-order valence-corrected chi connectivity index (χ2v) is 4.53. The van der Waals surface area contributed by atoms with Gasteiger partial charge in [-0.1, -0.05) is 20.8 Å². The van der Waals surface area contributed by atoms with Crippen LogP contribution in [0.2, 0.25) is 0 Å². The van der Waals surface area contributed by atoms with Crippen molar-refractivity contribution in [3.05, 3.63) is 0 Å². The first-order valence-electron chi connectivity index (χ1n) is 5.12. The molecule has 0 aromatic rings. The zero-order valence-corrected chi connectivity index (χ0v) is 8.84. The van der Waals surface area contributed by atoms with Crippen LogP contribution in [0.4, 0.5) is 0 Å². The quantitative estimate of drug-likeness (QED) is 0.670. The molecule has 1 aliphatic heterocycles. The maximum absolute atomic E-state index is 8.54. The first-order chi connectivity index (χ1) is 6.10. The highest BCUT2D eigenvalue weighted by molar-refractivity contribution is 4.88. The van der Waals surface area contributed by atoms with Crippen molar-refractivity contribution in [2.45, 2.75) is 58.7 Å². The summed E-state index contributed by atoms with van der Waals surface area (Å²) in [5, 5.41) is 8.54. The maximum atomic E-state index is 8.54. The van der Waals surface area contributed by atoms with Gasteiger partial charge in [-0.15, -0.1) is 0 Å². The minimum absolute atomic E-state index is 0.195. The van der Waals surface area contributed by atoms with Crippen LogP contribution < -0.4 is 0 Å². The Morgan fingerprint density at radius 1 is 1.46 bits per heavy atom. The van der Waals surface area contributed by atoms with E-state index in [4.69, 9.17) is 10.00 Å². The second kappa shape index (κ2) is 4.11. The van der Waals surface area contributed by atoms with Gasteiger partial charge in [0.25, 0.3) is 0 Å². The molecule has 1 aliphatic rings. The first-order valence-corrected chi connectivity index (χ1v) is 5.12. The topological polar surface area (TPSA) is 33.0 Å². The summed E-state index contributed by atoms with van der Waals surface area (Å²) in [6, 6.07) is 2.17. The average Bonchev–Trinajstić information content (AvgIpc) is 2.54. The van der Waals surface area contributed by atoms with Gasteiger partial charge in [-0.3, -0.25) is 0 Å². The normalized spacial score (nSPS) is 28.8. The smallest absolute Gasteiger partial charge is 0.0709 e. The average molecular weight is 181 g/mol. The summed E-state index contributed by atoms with van der Waals surface area (Å²) in [4.78, 5) is 0. The number of ether oxygens (including phenoxy) is 1. The van der Waals surface area contributed by atoms with Crippen LogP contribution in [0.25, 0.3) is 0 Å². The van der Waals surface area contributed by atoms with Crippen LogP contribution in [0.1, 0.15) is 46.5 Å². The van der Waals surface area contributed by atoms with Crippen molar-refractivity contribution in [2.75, 3.05) is 0 Å². The third-order valence-electron chi connectivity index (χ3n) is 3.21. The fourth-order valence-electron chi connectivity index (χ4n) is 1.76. The zero-order chi connectivity index (χ0) is 9.90. The van der Waals surface area contributed by atoms with Gasteiger partial charge in [0.1, 0.15) is 0 Å². The lowest BCUT2D eigenvalue weighted by molar-refractivity contribution is -0.0224. The summed E-state index contributed by atoms with van der Waals surface area (Å²) in [6.45, 7) is 6.68. The minimum atomic E-state index is 0.195. The molecule has 2 atom stereocenters. The van der Waals surface area contributed by atoms with E-state index in [1.54, 1.807) is 0 Å². The lowest BCUT2D eigenvalue weighted by atomic mass is 9.82. The Hall–Kier alpha value is -0.550. The van der Waals surface area contributed by atoms with Crippen molar-refractivity contribution >= 4 is 0 Å². The highest BCUT2D eigenvalue weighted by Gasteiger charge is 2.35. The van der Waals surface area contributed by atoms with E-state index in [-0.39, 0.29) is 11.5 Å². The molecule has 0 spiro atoms. The molecule has 13 heavy (non-hydrogen) atoms. The highest BCUT2D eigenvalue weighted by Crippen LogP contribution is 2.36. The Balaban J connectivity index is 2.46. The van der Waals surface area contributed by atoms with Crippen molar-refractivity contribution < 1.29 is 4.74 Å². The van der Waals surface area contributed by atoms with Crippen LogP contribution in [-0.4, -0.2) is 12.2 Å². The fraction of sp³-hybridized carbons (Fsp3) is 0.909. The molecule has 1 heterocycles. The van der Waals surface area contributed by atoms with Crippen LogP contribution >= 0.6 is 0 Å². The molecule has 1 rings (SSSR count). The third-order valence-corrected chi connectivity index (χ3v) is 3.21. The third kappa shape index (κ3) is 2.45. The summed E-state index contributed by atoms with van der Waals surface area (Å²) in [7, 11) is 0. The molecule has 0 aromatic carbocycles. The molecular formula is C11H19NO. The van der Waals surface area contributed by atoms with E-state index < -0.39 is 0 Å². The largest absolute Gasteiger partial charge is 0.373 e. The monoisotopic (exact) mass is 181 g/mol. The summed E-state index contributed by atoms with van der Waals surface area (Å²) in [6.07, 6.45) is 4.42. The Morgan fingerprint density at radius 3 is 2.69 bits per heavy atom. The molecule has 0 saturated carbocycles. The zero-order valence-electron chi connectivity index (χ0n) is 8.84. The van der Waals surface area contributed by atoms with Crippen molar-refractivity contribution in [3.8, 4) is 6.07 Å². The van der Waals surface area contributed by atoms with Crippen molar-refractivity contribution in [1.29, 1.82) is 5.26 Å². The molecule has 0 amide bonds. The van der Waals surface area contributed by atoms with Crippen LogP contribution in [0.5, 0.6) is 0 Å². The van der Waals surface area contributed by atoms with E-state index >= 15 is 0 Å². The Labute approximate surface area is 80.9 Å². The molecule has 1 fully saturated rings. The van der Waals surface area contributed by atoms with E-state index in [1.165, 1.54) is 0 Å². The number of hydrogen-bond acceptors (Lipinski definition) is 2. The molecule has 1 saturated heterocycles. The van der Waals surface area contributed by atoms with Gasteiger partial charge in [-0.25, -0.2) is 0 Å². The van der Waals surface area contributed by atoms with Crippen molar-refractivity contribution in [3.63, 3.8) is 0 Å². The van der Waals surface area contributed by atoms with Crippen LogP contribution in [0.15, 0.2) is 0 Å². The van der Waals surface area contributed by atoms with Gasteiger partial charge in [0, 0.05) is 0 Å². The van der Waals surface area contributed by atoms with Gasteiger partial charge in [0.2, 0.25) is 0 Å². The highest BCUT2D eigenvalue weighted by atomic mass is 16.5. The Bertz CT molecular complexity index is 205. The molecule has 2 nitrogen and oxygen atoms in total. The SMILES string of the molecule is CCC(C)(C)C1CCC(CC#N)O1. The van der Waals surface area contributed by atoms with E-state index in [1.807, 2.05) is 0 Å². The number of hydrogen-bond donors (Lipinski definition) is 0. The second-order valence-electron chi connectivity index (χ2n) is 4.53. The molecule has 0 bridgehead atoms. The van der Waals surface area contributed by atoms with Gasteiger partial charge in [-0.2, -0.15) is 5.26 Å². The molecule has 2 unspecified atom stereocenters. The standard InChI is InChI=1S/C11H19NO/c1-4-11(2,3)10-6-5-9(13-10)7-8-12/h9-10H,4-7H2,1-3H3. The molecule has 74 valence electrons. The molecule has 0 radical (unpaired) electrons. The number of nitrogens with zero attached hydrogens (tertiary/aromatic N) is 1. The Morgan fingerprint density at radius 2 is 2.15 bits per heavy atom. The van der Waals surface area contributed by atoms with Crippen LogP contribution in [0.3, 0.4) is 0 Å². The van der Waals surface area contributed by atoms with E-state index in [0.29, 0.717) is 12.5 Å². The van der Waals surface area contributed by atoms with Crippen LogP contribution in [0, 0.1) is 16.7 Å². The minimum Gasteiger partial charge on any atom is -0.373 e. The molecular weight excluding hydrogens is 162 g/mol.